The molecular formula is C13H16ClN3. The van der Waals surface area contributed by atoms with Gasteiger partial charge in [-0.1, -0.05) is 11.6 Å². The number of hydrogen-bond acceptors (Lipinski definition) is 3. The minimum Gasteiger partial charge on any atom is -0.398 e. The number of rotatable bonds is 1. The maximum atomic E-state index is 9.06. The molecule has 1 saturated heterocycles. The van der Waals surface area contributed by atoms with Crippen LogP contribution < -0.4 is 10.6 Å². The number of nitrogens with zero attached hydrogens (tertiary/aromatic N) is 2. The molecule has 1 aromatic carbocycles. The van der Waals surface area contributed by atoms with E-state index in [0.29, 0.717) is 22.3 Å². The third-order valence-corrected chi connectivity index (χ3v) is 3.76. The molecule has 0 bridgehead atoms. The van der Waals surface area contributed by atoms with Crippen molar-refractivity contribution in [3.8, 4) is 6.07 Å². The van der Waals surface area contributed by atoms with Crippen molar-refractivity contribution in [2.75, 3.05) is 17.2 Å². The summed E-state index contributed by atoms with van der Waals surface area (Å²) in [5.41, 5.74) is 7.51. The molecule has 1 fully saturated rings. The number of hydrogen-bond donors (Lipinski definition) is 1. The van der Waals surface area contributed by atoms with E-state index in [0.717, 1.165) is 12.2 Å². The Morgan fingerprint density at radius 1 is 1.47 bits per heavy atom. The van der Waals surface area contributed by atoms with Gasteiger partial charge in [-0.05, 0) is 38.3 Å². The first-order chi connectivity index (χ1) is 8.15. The summed E-state index contributed by atoms with van der Waals surface area (Å²) in [7, 11) is 0. The number of nitrogen functional groups attached to an aromatic ring is 1. The predicted octanol–water partition coefficient (Wildman–Crippen LogP) is 3.17. The summed E-state index contributed by atoms with van der Waals surface area (Å²) in [6, 6.07) is 6.23. The molecule has 0 unspecified atom stereocenters. The number of nitrogens with two attached hydrogens (primary N) is 1. The van der Waals surface area contributed by atoms with Gasteiger partial charge in [0.05, 0.1) is 22.0 Å². The summed E-state index contributed by atoms with van der Waals surface area (Å²) in [6.07, 6.45) is 3.60. The van der Waals surface area contributed by atoms with Crippen LogP contribution in [0.1, 0.15) is 31.7 Å². The predicted molar refractivity (Wildman–Crippen MR) is 71.2 cm³/mol. The van der Waals surface area contributed by atoms with Gasteiger partial charge in [0.2, 0.25) is 0 Å². The van der Waals surface area contributed by atoms with E-state index in [-0.39, 0.29) is 0 Å². The van der Waals surface area contributed by atoms with Gasteiger partial charge in [0, 0.05) is 12.6 Å². The molecule has 1 aliphatic heterocycles. The zero-order valence-corrected chi connectivity index (χ0v) is 10.7. The van der Waals surface area contributed by atoms with E-state index in [2.05, 4.69) is 17.9 Å². The molecule has 1 heterocycles. The zero-order chi connectivity index (χ0) is 12.4. The van der Waals surface area contributed by atoms with Crippen molar-refractivity contribution in [3.63, 3.8) is 0 Å². The average Bonchev–Trinajstić information content (AvgIpc) is 2.31. The van der Waals surface area contributed by atoms with Gasteiger partial charge in [-0.2, -0.15) is 5.26 Å². The molecule has 0 saturated carbocycles. The molecule has 2 N–H and O–H groups in total. The van der Waals surface area contributed by atoms with Crippen molar-refractivity contribution >= 4 is 23.0 Å². The van der Waals surface area contributed by atoms with Crippen LogP contribution in [-0.4, -0.2) is 12.6 Å². The lowest BCUT2D eigenvalue weighted by atomic mass is 10.0. The third kappa shape index (κ3) is 2.18. The second-order valence-electron chi connectivity index (χ2n) is 4.51. The van der Waals surface area contributed by atoms with Crippen LogP contribution in [0.3, 0.4) is 0 Å². The average molecular weight is 250 g/mol. The Bertz CT molecular complexity index is 464. The Kier molecular flexibility index (Phi) is 3.44. The maximum Gasteiger partial charge on any atom is 0.103 e. The standard InChI is InChI=1S/C13H16ClN3/c1-9-4-2-3-7-17(9)12-6-5-11(16)10(8-15)13(12)14/h5-6,9H,2-4,7,16H2,1H3/t9-/m0/s1. The Hall–Kier alpha value is -1.40. The van der Waals surface area contributed by atoms with Crippen LogP contribution >= 0.6 is 11.6 Å². The van der Waals surface area contributed by atoms with Gasteiger partial charge >= 0.3 is 0 Å². The van der Waals surface area contributed by atoms with Crippen LogP contribution in [0.4, 0.5) is 11.4 Å². The Morgan fingerprint density at radius 2 is 2.24 bits per heavy atom. The first-order valence-electron chi connectivity index (χ1n) is 5.90. The van der Waals surface area contributed by atoms with E-state index in [4.69, 9.17) is 22.6 Å². The summed E-state index contributed by atoms with van der Waals surface area (Å²) in [5.74, 6) is 0. The fraction of sp³-hybridized carbons (Fsp3) is 0.462. The molecule has 1 aliphatic rings. The quantitative estimate of drug-likeness (QED) is 0.778. The summed E-state index contributed by atoms with van der Waals surface area (Å²) < 4.78 is 0. The van der Waals surface area contributed by atoms with Gasteiger partial charge in [-0.25, -0.2) is 0 Å². The smallest absolute Gasteiger partial charge is 0.103 e. The molecule has 4 heteroatoms. The summed E-state index contributed by atoms with van der Waals surface area (Å²) in [6.45, 7) is 3.19. The molecule has 2 rings (SSSR count). The maximum absolute atomic E-state index is 9.06. The lowest BCUT2D eigenvalue weighted by Crippen LogP contribution is -2.37. The number of anilines is 2. The van der Waals surface area contributed by atoms with Gasteiger partial charge < -0.3 is 10.6 Å². The van der Waals surface area contributed by atoms with Gasteiger partial charge in [-0.3, -0.25) is 0 Å². The minimum absolute atomic E-state index is 0.391. The van der Waals surface area contributed by atoms with E-state index in [9.17, 15) is 0 Å². The lowest BCUT2D eigenvalue weighted by molar-refractivity contribution is 0.485. The third-order valence-electron chi connectivity index (χ3n) is 3.38. The molecule has 1 aromatic rings. The molecule has 0 aromatic heterocycles. The van der Waals surface area contributed by atoms with Crippen LogP contribution in [0.15, 0.2) is 12.1 Å². The van der Waals surface area contributed by atoms with Crippen LogP contribution in [0, 0.1) is 11.3 Å². The van der Waals surface area contributed by atoms with E-state index in [1.807, 2.05) is 6.07 Å². The summed E-state index contributed by atoms with van der Waals surface area (Å²) in [5, 5.41) is 9.54. The summed E-state index contributed by atoms with van der Waals surface area (Å²) >= 11 is 6.27. The van der Waals surface area contributed by atoms with Crippen molar-refractivity contribution in [3.05, 3.63) is 22.7 Å². The highest BCUT2D eigenvalue weighted by Crippen LogP contribution is 2.35. The molecule has 0 amide bonds. The molecule has 0 aliphatic carbocycles. The Labute approximate surface area is 107 Å². The molecule has 17 heavy (non-hydrogen) atoms. The number of nitriles is 1. The van der Waals surface area contributed by atoms with Crippen molar-refractivity contribution < 1.29 is 0 Å². The van der Waals surface area contributed by atoms with Crippen molar-refractivity contribution in [1.82, 2.24) is 0 Å². The van der Waals surface area contributed by atoms with Crippen molar-refractivity contribution in [1.29, 1.82) is 5.26 Å². The largest absolute Gasteiger partial charge is 0.398 e. The van der Waals surface area contributed by atoms with Gasteiger partial charge in [0.15, 0.2) is 0 Å². The first kappa shape index (κ1) is 12.1. The molecule has 3 nitrogen and oxygen atoms in total. The fourth-order valence-corrected chi connectivity index (χ4v) is 2.69. The topological polar surface area (TPSA) is 53.0 Å². The lowest BCUT2D eigenvalue weighted by Gasteiger charge is -2.36. The minimum atomic E-state index is 0.391. The molecule has 0 spiro atoms. The Balaban J connectivity index is 2.42. The molecule has 90 valence electrons. The number of halogens is 1. The molecule has 1 atom stereocenters. The van der Waals surface area contributed by atoms with Crippen molar-refractivity contribution in [2.24, 2.45) is 0 Å². The number of benzene rings is 1. The summed E-state index contributed by atoms with van der Waals surface area (Å²) in [4.78, 5) is 2.27. The highest BCUT2D eigenvalue weighted by atomic mass is 35.5. The zero-order valence-electron chi connectivity index (χ0n) is 9.91. The fourth-order valence-electron chi connectivity index (χ4n) is 2.37. The van der Waals surface area contributed by atoms with Crippen LogP contribution in [0.5, 0.6) is 0 Å². The monoisotopic (exact) mass is 249 g/mol. The van der Waals surface area contributed by atoms with E-state index < -0.39 is 0 Å². The van der Waals surface area contributed by atoms with Crippen LogP contribution in [0.25, 0.3) is 0 Å². The molecular weight excluding hydrogens is 234 g/mol. The van der Waals surface area contributed by atoms with E-state index >= 15 is 0 Å². The second kappa shape index (κ2) is 4.85. The van der Waals surface area contributed by atoms with E-state index in [1.165, 1.54) is 19.3 Å². The second-order valence-corrected chi connectivity index (χ2v) is 4.89. The Morgan fingerprint density at radius 3 is 2.88 bits per heavy atom. The normalized spacial score (nSPS) is 20.1. The van der Waals surface area contributed by atoms with Crippen LogP contribution in [-0.2, 0) is 0 Å². The SMILES string of the molecule is C[C@H]1CCCCN1c1ccc(N)c(C#N)c1Cl. The highest BCUT2D eigenvalue weighted by Gasteiger charge is 2.22. The highest BCUT2D eigenvalue weighted by molar-refractivity contribution is 6.34. The van der Waals surface area contributed by atoms with Crippen molar-refractivity contribution in [2.45, 2.75) is 32.2 Å². The van der Waals surface area contributed by atoms with Gasteiger partial charge in [0.1, 0.15) is 6.07 Å². The first-order valence-corrected chi connectivity index (χ1v) is 6.27. The molecule has 0 radical (unpaired) electrons. The van der Waals surface area contributed by atoms with Crippen LogP contribution in [0.2, 0.25) is 5.02 Å². The van der Waals surface area contributed by atoms with E-state index in [1.54, 1.807) is 6.07 Å². The van der Waals surface area contributed by atoms with Gasteiger partial charge in [-0.15, -0.1) is 0 Å². The van der Waals surface area contributed by atoms with Gasteiger partial charge in [0.25, 0.3) is 0 Å². The number of piperidine rings is 1.